The Bertz CT molecular complexity index is 1600. The molecule has 0 saturated heterocycles. The van der Waals surface area contributed by atoms with E-state index < -0.39 is 23.6 Å². The molecule has 0 spiro atoms. The first-order valence-electron chi connectivity index (χ1n) is 11.1. The van der Waals surface area contributed by atoms with Crippen molar-refractivity contribution >= 4 is 34.3 Å². The number of aryl methyl sites for hydroxylation is 2. The van der Waals surface area contributed by atoms with Crippen LogP contribution in [-0.2, 0) is 11.0 Å². The Morgan fingerprint density at radius 1 is 0.973 bits per heavy atom. The van der Waals surface area contributed by atoms with Gasteiger partial charge in [0.15, 0.2) is 5.69 Å². The number of hydrogen-bond donors (Lipinski definition) is 4. The number of carboxylic acids is 1. The number of carbonyl (C=O) groups is 1. The summed E-state index contributed by atoms with van der Waals surface area (Å²) >= 11 is 0. The van der Waals surface area contributed by atoms with Gasteiger partial charge in [0.1, 0.15) is 11.4 Å². The van der Waals surface area contributed by atoms with E-state index >= 15 is 0 Å². The number of nitrogens with zero attached hydrogens (tertiary/aromatic N) is 2. The first kappa shape index (κ1) is 25.5. The molecule has 0 aliphatic carbocycles. The van der Waals surface area contributed by atoms with Crippen LogP contribution in [-0.4, -0.2) is 26.3 Å². The molecule has 4 aromatic rings. The van der Waals surface area contributed by atoms with Crippen molar-refractivity contribution in [2.24, 2.45) is 10.2 Å². The van der Waals surface area contributed by atoms with Gasteiger partial charge in [-0.05, 0) is 73.4 Å². The van der Waals surface area contributed by atoms with E-state index in [9.17, 15) is 28.2 Å². The number of aromatic nitrogens is 1. The fourth-order valence-corrected chi connectivity index (χ4v) is 3.90. The van der Waals surface area contributed by atoms with Crippen molar-refractivity contribution in [1.29, 1.82) is 0 Å². The van der Waals surface area contributed by atoms with Crippen LogP contribution >= 0.6 is 0 Å². The Morgan fingerprint density at radius 2 is 1.70 bits per heavy atom. The lowest BCUT2D eigenvalue weighted by Crippen LogP contribution is -2.07. The van der Waals surface area contributed by atoms with Gasteiger partial charge in [-0.3, -0.25) is 0 Å². The molecule has 1 aromatic heterocycles. The molecule has 190 valence electrons. The van der Waals surface area contributed by atoms with Crippen molar-refractivity contribution in [2.45, 2.75) is 26.9 Å². The normalized spacial score (nSPS) is 12.5. The van der Waals surface area contributed by atoms with Gasteiger partial charge >= 0.3 is 12.1 Å². The number of aromatic hydroxyl groups is 2. The fourth-order valence-electron chi connectivity index (χ4n) is 3.90. The van der Waals surface area contributed by atoms with E-state index in [4.69, 9.17) is 5.11 Å². The first-order valence-corrected chi connectivity index (χ1v) is 11.1. The van der Waals surface area contributed by atoms with Gasteiger partial charge in [-0.25, -0.2) is 4.79 Å². The van der Waals surface area contributed by atoms with Crippen LogP contribution in [0.4, 0.5) is 24.5 Å². The summed E-state index contributed by atoms with van der Waals surface area (Å²) in [6.07, 6.45) is -3.28. The number of fused-ring (bicyclic) bond motifs is 1. The average molecular weight is 509 g/mol. The van der Waals surface area contributed by atoms with Gasteiger partial charge < -0.3 is 20.3 Å². The highest BCUT2D eigenvalue weighted by Crippen LogP contribution is 2.46. The zero-order valence-electron chi connectivity index (χ0n) is 20.0. The van der Waals surface area contributed by atoms with Gasteiger partial charge in [0.05, 0.1) is 11.1 Å². The van der Waals surface area contributed by atoms with Gasteiger partial charge in [0, 0.05) is 16.5 Å². The van der Waals surface area contributed by atoms with E-state index in [0.29, 0.717) is 11.1 Å². The first-order chi connectivity index (χ1) is 17.4. The highest BCUT2D eigenvalue weighted by molar-refractivity contribution is 6.04. The van der Waals surface area contributed by atoms with E-state index in [1.54, 1.807) is 25.1 Å². The zero-order valence-corrected chi connectivity index (χ0v) is 20.0. The van der Waals surface area contributed by atoms with E-state index in [2.05, 4.69) is 15.2 Å². The number of azo groups is 1. The molecule has 0 bridgehead atoms. The predicted molar refractivity (Wildman–Crippen MR) is 133 cm³/mol. The highest BCUT2D eigenvalue weighted by Gasteiger charge is 2.35. The second-order valence-electron chi connectivity index (χ2n) is 8.61. The maximum absolute atomic E-state index is 13.9. The Morgan fingerprint density at radius 3 is 2.32 bits per heavy atom. The topological polar surface area (TPSA) is 118 Å². The number of phenolic OH excluding ortho intramolecular Hbond substituents is 1. The van der Waals surface area contributed by atoms with E-state index in [0.717, 1.165) is 17.2 Å². The number of aromatic amines is 1. The third-order valence-corrected chi connectivity index (χ3v) is 6.01. The molecule has 0 radical (unpaired) electrons. The van der Waals surface area contributed by atoms with Gasteiger partial charge in [-0.15, -0.1) is 10.2 Å². The summed E-state index contributed by atoms with van der Waals surface area (Å²) in [6, 6.07) is 11.3. The molecule has 4 N–H and O–H groups in total. The molecule has 0 unspecified atom stereocenters. The van der Waals surface area contributed by atoms with Gasteiger partial charge in [-0.2, -0.15) is 13.2 Å². The fraction of sp³-hybridized carbons (Fsp3) is 0.148. The number of rotatable bonds is 5. The van der Waals surface area contributed by atoms with Gasteiger partial charge in [-0.1, -0.05) is 24.3 Å². The van der Waals surface area contributed by atoms with E-state index in [1.807, 2.05) is 6.92 Å². The summed E-state index contributed by atoms with van der Waals surface area (Å²) in [7, 11) is 0. The standard InChI is InChI=1S/C27H22F3N3O4/c1-13-4-6-17(11-14(13)2)22-19(27(28,29)30)8-7-18-23(22)31-25(35)24(18)33-32-20-9-5-16(12-21(20)34)10-15(3)26(36)37/h4-12,31,34-35H,1-3H3,(H,36,37). The van der Waals surface area contributed by atoms with Crippen LogP contribution in [0.25, 0.3) is 28.1 Å². The van der Waals surface area contributed by atoms with E-state index in [-0.39, 0.29) is 39.2 Å². The van der Waals surface area contributed by atoms with E-state index in [1.165, 1.54) is 37.3 Å². The lowest BCUT2D eigenvalue weighted by molar-refractivity contribution is -0.137. The van der Waals surface area contributed by atoms with Crippen molar-refractivity contribution in [1.82, 2.24) is 4.98 Å². The summed E-state index contributed by atoms with van der Waals surface area (Å²) < 4.78 is 41.8. The van der Waals surface area contributed by atoms with Crippen molar-refractivity contribution in [2.75, 3.05) is 0 Å². The van der Waals surface area contributed by atoms with Crippen LogP contribution in [0.1, 0.15) is 29.2 Å². The molecule has 0 amide bonds. The molecular formula is C27H22F3N3O4. The monoisotopic (exact) mass is 509 g/mol. The van der Waals surface area contributed by atoms with Crippen LogP contribution in [0.15, 0.2) is 64.3 Å². The Balaban J connectivity index is 1.83. The molecule has 4 rings (SSSR count). The number of alkyl halides is 3. The molecule has 1 heterocycles. The molecule has 0 aliphatic rings. The molecular weight excluding hydrogens is 487 g/mol. The SMILES string of the molecule is CC(=Cc1ccc(N=Nc2c(O)[nH]c3c(-c4ccc(C)c(C)c4)c(C(F)(F)F)ccc23)c(O)c1)C(=O)O. The number of H-pyrrole nitrogens is 1. The summed E-state index contributed by atoms with van der Waals surface area (Å²) in [5.74, 6) is -1.89. The molecule has 0 aliphatic heterocycles. The van der Waals surface area contributed by atoms with Gasteiger partial charge in [0.25, 0.3) is 0 Å². The van der Waals surface area contributed by atoms with Crippen molar-refractivity contribution in [3.05, 3.63) is 76.4 Å². The van der Waals surface area contributed by atoms with Crippen LogP contribution in [0.2, 0.25) is 0 Å². The minimum atomic E-state index is -4.65. The molecule has 37 heavy (non-hydrogen) atoms. The van der Waals surface area contributed by atoms with Crippen LogP contribution < -0.4 is 0 Å². The molecule has 3 aromatic carbocycles. The number of carboxylic acid groups (broad SMARTS) is 1. The van der Waals surface area contributed by atoms with Crippen LogP contribution in [0.5, 0.6) is 11.6 Å². The summed E-state index contributed by atoms with van der Waals surface area (Å²) in [5.41, 5.74) is 1.50. The van der Waals surface area contributed by atoms with Gasteiger partial charge in [0.2, 0.25) is 5.88 Å². The summed E-state index contributed by atoms with van der Waals surface area (Å²) in [5, 5.41) is 38.0. The maximum Gasteiger partial charge on any atom is 0.417 e. The quantitative estimate of drug-likeness (QED) is 0.162. The Labute approximate surface area is 209 Å². The smallest absolute Gasteiger partial charge is 0.417 e. The minimum Gasteiger partial charge on any atom is -0.506 e. The number of nitrogens with one attached hydrogen (secondary N) is 1. The summed E-state index contributed by atoms with van der Waals surface area (Å²) in [4.78, 5) is 13.6. The summed E-state index contributed by atoms with van der Waals surface area (Å²) in [6.45, 7) is 5.06. The third-order valence-electron chi connectivity index (χ3n) is 6.01. The maximum atomic E-state index is 13.9. The molecule has 10 heteroatoms. The zero-order chi connectivity index (χ0) is 27.1. The number of hydrogen-bond acceptors (Lipinski definition) is 5. The third kappa shape index (κ3) is 5.04. The number of halogens is 3. The lowest BCUT2D eigenvalue weighted by atomic mass is 9.94. The predicted octanol–water partition coefficient (Wildman–Crippen LogP) is 7.79. The minimum absolute atomic E-state index is 0.0140. The number of aliphatic carboxylic acids is 1. The van der Waals surface area contributed by atoms with Crippen molar-refractivity contribution < 1.29 is 33.3 Å². The van der Waals surface area contributed by atoms with Crippen LogP contribution in [0.3, 0.4) is 0 Å². The second kappa shape index (κ2) is 9.45. The number of phenols is 1. The highest BCUT2D eigenvalue weighted by atomic mass is 19.4. The lowest BCUT2D eigenvalue weighted by Gasteiger charge is -2.15. The Hall–Kier alpha value is -4.60. The average Bonchev–Trinajstić information content (AvgIpc) is 3.14. The van der Waals surface area contributed by atoms with Crippen molar-refractivity contribution in [3.63, 3.8) is 0 Å². The van der Waals surface area contributed by atoms with Crippen molar-refractivity contribution in [3.8, 4) is 22.8 Å². The number of benzene rings is 3. The molecule has 0 saturated carbocycles. The largest absolute Gasteiger partial charge is 0.506 e. The molecule has 7 nitrogen and oxygen atoms in total. The Kier molecular flexibility index (Phi) is 6.51. The molecule has 0 fully saturated rings. The molecule has 0 atom stereocenters. The second-order valence-corrected chi connectivity index (χ2v) is 8.61. The van der Waals surface area contributed by atoms with Crippen LogP contribution in [0, 0.1) is 13.8 Å².